The average molecular weight is 423 g/mol. The zero-order valence-corrected chi connectivity index (χ0v) is 16.2. The fraction of sp³-hybridized carbons (Fsp3) is 0.222. The number of methoxy groups -OCH3 is 3. The molecule has 0 saturated carbocycles. The van der Waals surface area contributed by atoms with Gasteiger partial charge in [-0.05, 0) is 29.8 Å². The molecule has 2 aromatic rings. The first-order chi connectivity index (χ1) is 12.5. The van der Waals surface area contributed by atoms with Gasteiger partial charge in [0.1, 0.15) is 0 Å². The van der Waals surface area contributed by atoms with Crippen LogP contribution in [0.5, 0.6) is 17.2 Å². The van der Waals surface area contributed by atoms with Gasteiger partial charge < -0.3 is 14.2 Å². The van der Waals surface area contributed by atoms with Crippen LogP contribution in [0, 0.1) is 0 Å². The molecule has 0 heterocycles. The number of hydrogen-bond acceptors (Lipinski definition) is 5. The third-order valence-corrected chi connectivity index (χ3v) is 4.05. The van der Waals surface area contributed by atoms with E-state index in [9.17, 15) is 9.59 Å². The Bertz CT molecular complexity index is 768. The van der Waals surface area contributed by atoms with E-state index in [1.54, 1.807) is 0 Å². The van der Waals surface area contributed by atoms with Gasteiger partial charge in [-0.25, -0.2) is 0 Å². The number of hydrogen-bond donors (Lipinski definition) is 2. The summed E-state index contributed by atoms with van der Waals surface area (Å²) in [5, 5.41) is 0. The van der Waals surface area contributed by atoms with Crippen molar-refractivity contribution in [2.75, 3.05) is 21.3 Å². The van der Waals surface area contributed by atoms with E-state index >= 15 is 0 Å². The molecule has 0 aliphatic rings. The Hall–Kier alpha value is -2.74. The van der Waals surface area contributed by atoms with E-state index in [4.69, 9.17) is 14.2 Å². The molecular formula is C18H19BrN2O5. The number of rotatable bonds is 6. The van der Waals surface area contributed by atoms with Crippen LogP contribution in [0.15, 0.2) is 40.9 Å². The molecule has 0 atom stereocenters. The lowest BCUT2D eigenvalue weighted by Crippen LogP contribution is -2.42. The highest BCUT2D eigenvalue weighted by atomic mass is 79.9. The first-order valence-corrected chi connectivity index (χ1v) is 8.41. The number of hydrazine groups is 1. The van der Waals surface area contributed by atoms with Crippen molar-refractivity contribution >= 4 is 27.7 Å². The van der Waals surface area contributed by atoms with Crippen molar-refractivity contribution in [3.05, 3.63) is 52.0 Å². The molecule has 138 valence electrons. The monoisotopic (exact) mass is 422 g/mol. The topological polar surface area (TPSA) is 85.9 Å². The molecule has 8 heteroatoms. The Morgan fingerprint density at radius 3 is 2.00 bits per heavy atom. The van der Waals surface area contributed by atoms with Gasteiger partial charge in [0, 0.05) is 10.0 Å². The molecule has 7 nitrogen and oxygen atoms in total. The summed E-state index contributed by atoms with van der Waals surface area (Å²) in [7, 11) is 4.39. The van der Waals surface area contributed by atoms with E-state index in [0.29, 0.717) is 17.2 Å². The standard InChI is InChI=1S/C18H19BrN2O5/c1-24-14-9-12(10-15(25-2)17(14)26-3)18(23)21-20-16(22)8-11-4-6-13(19)7-5-11/h4-7,9-10H,8H2,1-3H3,(H,20,22)(H,21,23). The third kappa shape index (κ3) is 4.89. The van der Waals surface area contributed by atoms with Crippen LogP contribution in [0.25, 0.3) is 0 Å². The summed E-state index contributed by atoms with van der Waals surface area (Å²) >= 11 is 3.33. The van der Waals surface area contributed by atoms with Crippen LogP contribution in [0.1, 0.15) is 15.9 Å². The van der Waals surface area contributed by atoms with Crippen LogP contribution in [0.4, 0.5) is 0 Å². The van der Waals surface area contributed by atoms with Crippen LogP contribution in [-0.2, 0) is 11.2 Å². The van der Waals surface area contributed by atoms with Gasteiger partial charge in [0.2, 0.25) is 11.7 Å². The quantitative estimate of drug-likeness (QED) is 0.698. The largest absolute Gasteiger partial charge is 0.493 e. The molecule has 2 aromatic carbocycles. The maximum atomic E-state index is 12.3. The minimum Gasteiger partial charge on any atom is -0.493 e. The van der Waals surface area contributed by atoms with E-state index in [0.717, 1.165) is 10.0 Å². The van der Waals surface area contributed by atoms with Crippen molar-refractivity contribution in [1.82, 2.24) is 10.9 Å². The number of amides is 2. The first kappa shape index (κ1) is 19.6. The molecule has 0 aliphatic heterocycles. The van der Waals surface area contributed by atoms with Gasteiger partial charge in [-0.1, -0.05) is 28.1 Å². The van der Waals surface area contributed by atoms with E-state index in [-0.39, 0.29) is 17.9 Å². The lowest BCUT2D eigenvalue weighted by Gasteiger charge is -2.14. The second-order valence-corrected chi connectivity index (χ2v) is 6.14. The SMILES string of the molecule is COc1cc(C(=O)NNC(=O)Cc2ccc(Br)cc2)cc(OC)c1OC. The number of carbonyl (C=O) groups excluding carboxylic acids is 2. The lowest BCUT2D eigenvalue weighted by atomic mass is 10.1. The maximum Gasteiger partial charge on any atom is 0.269 e. The van der Waals surface area contributed by atoms with Gasteiger partial charge in [-0.3, -0.25) is 20.4 Å². The summed E-state index contributed by atoms with van der Waals surface area (Å²) in [4.78, 5) is 24.3. The minimum atomic E-state index is -0.506. The van der Waals surface area contributed by atoms with Gasteiger partial charge in [0.15, 0.2) is 11.5 Å². The normalized spacial score (nSPS) is 10.0. The number of carbonyl (C=O) groups is 2. The molecule has 0 bridgehead atoms. The smallest absolute Gasteiger partial charge is 0.269 e. The van der Waals surface area contributed by atoms with Gasteiger partial charge in [0.05, 0.1) is 27.8 Å². The Morgan fingerprint density at radius 1 is 0.923 bits per heavy atom. The fourth-order valence-corrected chi connectivity index (χ4v) is 2.51. The Kier molecular flexibility index (Phi) is 6.85. The summed E-state index contributed by atoms with van der Waals surface area (Å²) in [6.45, 7) is 0. The van der Waals surface area contributed by atoms with Crippen LogP contribution >= 0.6 is 15.9 Å². The first-order valence-electron chi connectivity index (χ1n) is 7.62. The molecule has 2 N–H and O–H groups in total. The predicted molar refractivity (Wildman–Crippen MR) is 99.6 cm³/mol. The van der Waals surface area contributed by atoms with Gasteiger partial charge in [0.25, 0.3) is 5.91 Å². The highest BCUT2D eigenvalue weighted by Crippen LogP contribution is 2.38. The zero-order chi connectivity index (χ0) is 19.1. The van der Waals surface area contributed by atoms with Crippen LogP contribution in [0.3, 0.4) is 0 Å². The zero-order valence-electron chi connectivity index (χ0n) is 14.6. The van der Waals surface area contributed by atoms with E-state index in [2.05, 4.69) is 26.8 Å². The van der Waals surface area contributed by atoms with Crippen LogP contribution in [0.2, 0.25) is 0 Å². The molecule has 0 fully saturated rings. The Labute approximate surface area is 159 Å². The average Bonchev–Trinajstić information content (AvgIpc) is 2.66. The van der Waals surface area contributed by atoms with E-state index < -0.39 is 5.91 Å². The third-order valence-electron chi connectivity index (χ3n) is 3.52. The molecule has 0 unspecified atom stereocenters. The molecule has 2 amide bonds. The van der Waals surface area contributed by atoms with Gasteiger partial charge >= 0.3 is 0 Å². The maximum absolute atomic E-state index is 12.3. The van der Waals surface area contributed by atoms with Crippen LogP contribution in [-0.4, -0.2) is 33.1 Å². The van der Waals surface area contributed by atoms with Crippen LogP contribution < -0.4 is 25.1 Å². The minimum absolute atomic E-state index is 0.142. The van der Waals surface area contributed by atoms with E-state index in [1.807, 2.05) is 24.3 Å². The molecule has 0 aromatic heterocycles. The summed E-state index contributed by atoms with van der Waals surface area (Å²) in [6.07, 6.45) is 0.142. The number of benzene rings is 2. The van der Waals surface area contributed by atoms with Crippen molar-refractivity contribution in [2.24, 2.45) is 0 Å². The fourth-order valence-electron chi connectivity index (χ4n) is 2.24. The van der Waals surface area contributed by atoms with Gasteiger partial charge in [-0.15, -0.1) is 0 Å². The van der Waals surface area contributed by atoms with Crippen molar-refractivity contribution < 1.29 is 23.8 Å². The van der Waals surface area contributed by atoms with Crippen molar-refractivity contribution in [3.8, 4) is 17.2 Å². The summed E-state index contributed by atoms with van der Waals surface area (Å²) in [5.74, 6) is 0.226. The molecule has 0 saturated heterocycles. The van der Waals surface area contributed by atoms with Crippen molar-refractivity contribution in [1.29, 1.82) is 0 Å². The predicted octanol–water partition coefficient (Wildman–Crippen LogP) is 2.48. The highest BCUT2D eigenvalue weighted by molar-refractivity contribution is 9.10. The molecule has 26 heavy (non-hydrogen) atoms. The summed E-state index contributed by atoms with van der Waals surface area (Å²) < 4.78 is 16.6. The second-order valence-electron chi connectivity index (χ2n) is 5.22. The number of ether oxygens (including phenoxy) is 3. The van der Waals surface area contributed by atoms with Gasteiger partial charge in [-0.2, -0.15) is 0 Å². The van der Waals surface area contributed by atoms with E-state index in [1.165, 1.54) is 33.5 Å². The molecular weight excluding hydrogens is 404 g/mol. The number of nitrogens with one attached hydrogen (secondary N) is 2. The van der Waals surface area contributed by atoms with Crippen molar-refractivity contribution in [3.63, 3.8) is 0 Å². The second kappa shape index (κ2) is 9.10. The Morgan fingerprint density at radius 2 is 1.50 bits per heavy atom. The molecule has 2 rings (SSSR count). The lowest BCUT2D eigenvalue weighted by molar-refractivity contribution is -0.121. The summed E-state index contributed by atoms with van der Waals surface area (Å²) in [6, 6.07) is 10.3. The highest BCUT2D eigenvalue weighted by Gasteiger charge is 2.17. The molecule has 0 spiro atoms. The Balaban J connectivity index is 2.03. The summed E-state index contributed by atoms with van der Waals surface area (Å²) in [5.41, 5.74) is 5.84. The molecule has 0 radical (unpaired) electrons. The number of halogens is 1. The molecule has 0 aliphatic carbocycles. The van der Waals surface area contributed by atoms with Crippen molar-refractivity contribution in [2.45, 2.75) is 6.42 Å².